The van der Waals surface area contributed by atoms with Gasteiger partial charge in [0.1, 0.15) is 0 Å². The first-order chi connectivity index (χ1) is 15.2. The van der Waals surface area contributed by atoms with E-state index in [1.807, 2.05) is 4.90 Å². The molecule has 3 rings (SSSR count). The maximum atomic E-state index is 12.6. The van der Waals surface area contributed by atoms with E-state index in [2.05, 4.69) is 45.8 Å². The van der Waals surface area contributed by atoms with Crippen LogP contribution in [0, 0.1) is 5.92 Å². The smallest absolute Gasteiger partial charge is 0.224 e. The van der Waals surface area contributed by atoms with Gasteiger partial charge in [-0.15, -0.1) is 11.3 Å². The van der Waals surface area contributed by atoms with E-state index in [0.29, 0.717) is 24.9 Å². The number of nitrogens with zero attached hydrogens (tertiary/aromatic N) is 3. The molecule has 0 spiro atoms. The lowest BCUT2D eigenvalue weighted by molar-refractivity contribution is -0.131. The van der Waals surface area contributed by atoms with Crippen LogP contribution in [0.4, 0.5) is 0 Å². The lowest BCUT2D eigenvalue weighted by atomic mass is 9.92. The molecule has 31 heavy (non-hydrogen) atoms. The van der Waals surface area contributed by atoms with Gasteiger partial charge in [0, 0.05) is 63.7 Å². The minimum atomic E-state index is 0.211. The molecule has 2 N–H and O–H groups in total. The minimum absolute atomic E-state index is 0.211. The Morgan fingerprint density at radius 3 is 2.71 bits per heavy atom. The van der Waals surface area contributed by atoms with Crippen LogP contribution in [0.3, 0.4) is 0 Å². The summed E-state index contributed by atoms with van der Waals surface area (Å²) >= 11 is 1.80. The summed E-state index contributed by atoms with van der Waals surface area (Å²) in [6.45, 7) is 11.2. The van der Waals surface area contributed by atoms with E-state index >= 15 is 0 Å². The fourth-order valence-electron chi connectivity index (χ4n) is 4.67. The zero-order valence-electron chi connectivity index (χ0n) is 19.4. The number of ether oxygens (including phenoxy) is 1. The van der Waals surface area contributed by atoms with Crippen molar-refractivity contribution in [3.8, 4) is 0 Å². The Hall–Kier alpha value is -1.64. The highest BCUT2D eigenvalue weighted by atomic mass is 32.1. The Balaban J connectivity index is 1.44. The van der Waals surface area contributed by atoms with Crippen LogP contribution in [-0.4, -0.2) is 80.7 Å². The highest BCUT2D eigenvalue weighted by Gasteiger charge is 2.27. The molecule has 2 aliphatic heterocycles. The summed E-state index contributed by atoms with van der Waals surface area (Å²) in [5.74, 6) is 1.63. The second kappa shape index (κ2) is 12.4. The van der Waals surface area contributed by atoms with Crippen molar-refractivity contribution < 1.29 is 9.53 Å². The molecule has 1 aromatic rings. The highest BCUT2D eigenvalue weighted by molar-refractivity contribution is 7.10. The van der Waals surface area contributed by atoms with Crippen LogP contribution in [0.15, 0.2) is 16.4 Å². The zero-order chi connectivity index (χ0) is 22.1. The number of fused-ring (bicyclic) bond motifs is 1. The molecule has 1 fully saturated rings. The van der Waals surface area contributed by atoms with Crippen molar-refractivity contribution in [2.45, 2.75) is 52.1 Å². The van der Waals surface area contributed by atoms with Crippen LogP contribution in [0.1, 0.15) is 43.6 Å². The molecule has 1 amide bonds. The van der Waals surface area contributed by atoms with Gasteiger partial charge in [0.25, 0.3) is 0 Å². The summed E-state index contributed by atoms with van der Waals surface area (Å²) in [5.41, 5.74) is 1.31. The van der Waals surface area contributed by atoms with E-state index in [4.69, 9.17) is 4.74 Å². The van der Waals surface area contributed by atoms with Crippen molar-refractivity contribution in [2.24, 2.45) is 10.9 Å². The topological polar surface area (TPSA) is 69.2 Å². The third-order valence-electron chi connectivity index (χ3n) is 6.60. The fraction of sp³-hybridized carbons (Fsp3) is 0.739. The number of carbonyl (C=O) groups excluding carboxylic acids is 1. The lowest BCUT2D eigenvalue weighted by Gasteiger charge is -2.39. The van der Waals surface area contributed by atoms with Crippen molar-refractivity contribution >= 4 is 23.2 Å². The molecule has 1 unspecified atom stereocenters. The molecule has 7 nitrogen and oxygen atoms in total. The molecule has 1 atom stereocenters. The van der Waals surface area contributed by atoms with E-state index in [-0.39, 0.29) is 5.91 Å². The summed E-state index contributed by atoms with van der Waals surface area (Å²) in [6, 6.07) is 2.61. The molecule has 174 valence electrons. The van der Waals surface area contributed by atoms with Gasteiger partial charge < -0.3 is 20.3 Å². The van der Waals surface area contributed by atoms with Crippen molar-refractivity contribution in [1.29, 1.82) is 0 Å². The van der Waals surface area contributed by atoms with Crippen LogP contribution in [0.5, 0.6) is 0 Å². The standard InChI is InChI=1S/C23H39N5O2S/c1-4-18(5-2)20(27-11-13-30-14-12-27)16-26-23(24-3)25-9-6-22(29)28-10-7-21-19(17-28)8-15-31-21/h8,15,18,20H,4-7,9-14,16-17H2,1-3H3,(H2,24,25,26). The van der Waals surface area contributed by atoms with Crippen LogP contribution < -0.4 is 10.6 Å². The molecule has 8 heteroatoms. The maximum absolute atomic E-state index is 12.6. The number of aliphatic imine (C=N–C) groups is 1. The summed E-state index contributed by atoms with van der Waals surface area (Å²) in [7, 11) is 1.79. The van der Waals surface area contributed by atoms with Crippen LogP contribution in [0.25, 0.3) is 0 Å². The second-order valence-corrected chi connectivity index (χ2v) is 9.36. The number of amides is 1. The molecule has 0 aromatic carbocycles. The summed E-state index contributed by atoms with van der Waals surface area (Å²) in [4.78, 5) is 23.0. The largest absolute Gasteiger partial charge is 0.379 e. The second-order valence-electron chi connectivity index (χ2n) is 8.36. The number of guanidine groups is 1. The molecule has 0 bridgehead atoms. The van der Waals surface area contributed by atoms with Crippen LogP contribution in [-0.2, 0) is 22.5 Å². The minimum Gasteiger partial charge on any atom is -0.379 e. The van der Waals surface area contributed by atoms with Crippen molar-refractivity contribution in [3.05, 3.63) is 21.9 Å². The van der Waals surface area contributed by atoms with Gasteiger partial charge in [-0.05, 0) is 29.3 Å². The molecular weight excluding hydrogens is 410 g/mol. The number of rotatable bonds is 9. The Labute approximate surface area is 191 Å². The van der Waals surface area contributed by atoms with E-state index in [1.54, 1.807) is 18.4 Å². The first-order valence-electron chi connectivity index (χ1n) is 11.8. The van der Waals surface area contributed by atoms with Crippen molar-refractivity contribution in [3.63, 3.8) is 0 Å². The molecule has 3 heterocycles. The van der Waals surface area contributed by atoms with Gasteiger partial charge in [0.2, 0.25) is 5.91 Å². The van der Waals surface area contributed by atoms with Gasteiger partial charge in [0.05, 0.1) is 13.2 Å². The SMILES string of the molecule is CCC(CC)C(CNC(=NC)NCCC(=O)N1CCc2sccc2C1)N1CCOCC1. The predicted octanol–water partition coefficient (Wildman–Crippen LogP) is 2.32. The Bertz CT molecular complexity index is 713. The fourth-order valence-corrected chi connectivity index (χ4v) is 5.55. The zero-order valence-corrected chi connectivity index (χ0v) is 20.2. The van der Waals surface area contributed by atoms with E-state index in [0.717, 1.165) is 58.3 Å². The van der Waals surface area contributed by atoms with Gasteiger partial charge in [0.15, 0.2) is 5.96 Å². The lowest BCUT2D eigenvalue weighted by Crippen LogP contribution is -2.53. The molecule has 0 radical (unpaired) electrons. The van der Waals surface area contributed by atoms with Crippen molar-refractivity contribution in [2.75, 3.05) is 53.0 Å². The van der Waals surface area contributed by atoms with Gasteiger partial charge >= 0.3 is 0 Å². The molecular formula is C23H39N5O2S. The van der Waals surface area contributed by atoms with Gasteiger partial charge in [-0.25, -0.2) is 0 Å². The third kappa shape index (κ3) is 6.67. The summed E-state index contributed by atoms with van der Waals surface area (Å²) in [5, 5.41) is 8.98. The van der Waals surface area contributed by atoms with E-state index in [9.17, 15) is 4.79 Å². The van der Waals surface area contributed by atoms with Gasteiger partial charge in [-0.3, -0.25) is 14.7 Å². The van der Waals surface area contributed by atoms with Crippen LogP contribution >= 0.6 is 11.3 Å². The monoisotopic (exact) mass is 449 g/mol. The van der Waals surface area contributed by atoms with Crippen molar-refractivity contribution in [1.82, 2.24) is 20.4 Å². The summed E-state index contributed by atoms with van der Waals surface area (Å²) < 4.78 is 5.55. The predicted molar refractivity (Wildman–Crippen MR) is 128 cm³/mol. The van der Waals surface area contributed by atoms with Gasteiger partial charge in [-0.2, -0.15) is 0 Å². The molecule has 1 aromatic heterocycles. The first-order valence-corrected chi connectivity index (χ1v) is 12.6. The van der Waals surface area contributed by atoms with E-state index in [1.165, 1.54) is 23.3 Å². The highest BCUT2D eigenvalue weighted by Crippen LogP contribution is 2.24. The maximum Gasteiger partial charge on any atom is 0.224 e. The molecule has 1 saturated heterocycles. The van der Waals surface area contributed by atoms with Crippen LogP contribution in [0.2, 0.25) is 0 Å². The number of hydrogen-bond donors (Lipinski definition) is 2. The number of morpholine rings is 1. The number of nitrogens with one attached hydrogen (secondary N) is 2. The van der Waals surface area contributed by atoms with Gasteiger partial charge in [-0.1, -0.05) is 26.7 Å². The summed E-state index contributed by atoms with van der Waals surface area (Å²) in [6.07, 6.45) is 3.80. The quantitative estimate of drug-likeness (QED) is 0.447. The Kier molecular flexibility index (Phi) is 9.61. The number of carbonyl (C=O) groups is 1. The first kappa shape index (κ1) is 24.0. The Morgan fingerprint density at radius 2 is 2.00 bits per heavy atom. The Morgan fingerprint density at radius 1 is 1.23 bits per heavy atom. The van der Waals surface area contributed by atoms with E-state index < -0.39 is 0 Å². The molecule has 2 aliphatic rings. The third-order valence-corrected chi connectivity index (χ3v) is 7.62. The normalized spacial score (nSPS) is 18.7. The number of hydrogen-bond acceptors (Lipinski definition) is 5. The molecule has 0 aliphatic carbocycles. The average molecular weight is 450 g/mol. The average Bonchev–Trinajstić information content (AvgIpc) is 3.29. The number of thiophene rings is 1. The molecule has 0 saturated carbocycles.